The average molecular weight is 461 g/mol. The fourth-order valence-corrected chi connectivity index (χ4v) is 5.44. The Morgan fingerprint density at radius 2 is 0.806 bits per heavy atom. The molecule has 8 bridgehead atoms. The van der Waals surface area contributed by atoms with Gasteiger partial charge in [-0.25, -0.2) is 9.97 Å². The molecule has 0 fully saturated rings. The second-order valence-corrected chi connectivity index (χ2v) is 9.30. The van der Waals surface area contributed by atoms with Crippen LogP contribution in [0.5, 0.6) is 0 Å². The Morgan fingerprint density at radius 1 is 0.417 bits per heavy atom. The third-order valence-corrected chi connectivity index (χ3v) is 7.10. The van der Waals surface area contributed by atoms with Crippen molar-refractivity contribution in [2.45, 2.75) is 0 Å². The van der Waals surface area contributed by atoms with Crippen LogP contribution < -0.4 is 0 Å². The molecule has 2 aliphatic rings. The second-order valence-electron chi connectivity index (χ2n) is 9.30. The molecule has 8 rings (SSSR count). The molecule has 2 N–H and O–H groups in total. The predicted molar refractivity (Wildman–Crippen MR) is 149 cm³/mol. The largest absolute Gasteiger partial charge is 0.354 e. The lowest BCUT2D eigenvalue weighted by Crippen LogP contribution is -1.75. The van der Waals surface area contributed by atoms with Crippen LogP contribution in [-0.4, -0.2) is 19.9 Å². The van der Waals surface area contributed by atoms with Gasteiger partial charge >= 0.3 is 0 Å². The van der Waals surface area contributed by atoms with Gasteiger partial charge in [-0.05, 0) is 36.4 Å². The standard InChI is InChI=1S/C32H20N4/c1-3-9-23-21(7-1)27-15-19-13-14-20(33-19)16-28-22-8-2-4-10-24(22)30(35-28)18-32-26-12-6-5-11-25(26)31(36-32)17-29(23)34-27/h1-18,34-35H. The summed E-state index contributed by atoms with van der Waals surface area (Å²) in [6.45, 7) is 0. The highest BCUT2D eigenvalue weighted by Crippen LogP contribution is 2.37. The van der Waals surface area contributed by atoms with Crippen LogP contribution in [0.4, 0.5) is 0 Å². The zero-order chi connectivity index (χ0) is 23.6. The summed E-state index contributed by atoms with van der Waals surface area (Å²) >= 11 is 0. The average Bonchev–Trinajstić information content (AvgIpc) is 3.67. The van der Waals surface area contributed by atoms with Crippen LogP contribution in [-0.2, 0) is 0 Å². The van der Waals surface area contributed by atoms with Crippen molar-refractivity contribution in [3.63, 3.8) is 0 Å². The van der Waals surface area contributed by atoms with Crippen LogP contribution in [0.2, 0.25) is 0 Å². The Kier molecular flexibility index (Phi) is 3.91. The monoisotopic (exact) mass is 460 g/mol. The molecule has 0 saturated heterocycles. The summed E-state index contributed by atoms with van der Waals surface area (Å²) < 4.78 is 0. The number of H-pyrrole nitrogens is 2. The van der Waals surface area contributed by atoms with Gasteiger partial charge in [-0.3, -0.25) is 0 Å². The van der Waals surface area contributed by atoms with E-state index in [1.54, 1.807) is 0 Å². The topological polar surface area (TPSA) is 57.4 Å². The molecule has 0 radical (unpaired) electrons. The summed E-state index contributed by atoms with van der Waals surface area (Å²) in [6, 6.07) is 34.0. The number of fused-ring (bicyclic) bond motifs is 17. The number of aromatic amines is 2. The minimum absolute atomic E-state index is 0.925. The van der Waals surface area contributed by atoms with Crippen LogP contribution in [0, 0.1) is 0 Å². The molecular formula is C32H20N4. The molecule has 0 amide bonds. The highest BCUT2D eigenvalue weighted by Gasteiger charge is 2.16. The number of hydrogen-bond acceptors (Lipinski definition) is 2. The van der Waals surface area contributed by atoms with E-state index in [2.05, 4.69) is 119 Å². The Morgan fingerprint density at radius 3 is 1.25 bits per heavy atom. The maximum atomic E-state index is 5.13. The molecule has 0 unspecified atom stereocenters. The van der Waals surface area contributed by atoms with Gasteiger partial charge in [0.1, 0.15) is 0 Å². The van der Waals surface area contributed by atoms with Crippen molar-refractivity contribution in [1.29, 1.82) is 0 Å². The molecule has 168 valence electrons. The SMILES string of the molecule is C1=Cc2cc3[nH]c(cc4nc(cc5[nH]c(cc1n2)c1ccccc51)-c1ccccc1-4)c1ccccc31. The van der Waals surface area contributed by atoms with Gasteiger partial charge in [0.25, 0.3) is 0 Å². The number of benzene rings is 3. The van der Waals surface area contributed by atoms with Crippen LogP contribution in [0.15, 0.2) is 97.1 Å². The fraction of sp³-hybridized carbons (Fsp3) is 0. The molecule has 0 atom stereocenters. The molecule has 4 nitrogen and oxygen atoms in total. The second kappa shape index (κ2) is 7.27. The van der Waals surface area contributed by atoms with Crippen molar-refractivity contribution in [2.24, 2.45) is 0 Å². The van der Waals surface area contributed by atoms with Crippen LogP contribution in [0.3, 0.4) is 0 Å². The first-order valence-electron chi connectivity index (χ1n) is 12.1. The predicted octanol–water partition coefficient (Wildman–Crippen LogP) is 8.13. The summed E-state index contributed by atoms with van der Waals surface area (Å²) in [6.07, 6.45) is 4.14. The highest BCUT2D eigenvalue weighted by molar-refractivity contribution is 6.09. The van der Waals surface area contributed by atoms with Crippen LogP contribution in [0.1, 0.15) is 11.4 Å². The molecule has 5 heterocycles. The van der Waals surface area contributed by atoms with E-state index in [0.717, 1.165) is 56.0 Å². The molecule has 0 saturated carbocycles. The Hall–Kier alpha value is -4.96. The van der Waals surface area contributed by atoms with E-state index in [-0.39, 0.29) is 0 Å². The first-order chi connectivity index (χ1) is 17.8. The molecule has 3 aromatic carbocycles. The van der Waals surface area contributed by atoms with Gasteiger partial charge in [-0.15, -0.1) is 0 Å². The number of hydrogen-bond donors (Lipinski definition) is 2. The zero-order valence-electron chi connectivity index (χ0n) is 19.3. The molecule has 3 aromatic heterocycles. The lowest BCUT2D eigenvalue weighted by molar-refractivity contribution is 1.32. The Bertz CT molecular complexity index is 1910. The fourth-order valence-electron chi connectivity index (χ4n) is 5.44. The van der Waals surface area contributed by atoms with Gasteiger partial charge in [-0.2, -0.15) is 0 Å². The van der Waals surface area contributed by atoms with E-state index in [0.29, 0.717) is 0 Å². The molecule has 36 heavy (non-hydrogen) atoms. The van der Waals surface area contributed by atoms with Crippen LogP contribution >= 0.6 is 0 Å². The summed E-state index contributed by atoms with van der Waals surface area (Å²) in [5.74, 6) is 0. The Labute approximate surface area is 206 Å². The van der Waals surface area contributed by atoms with Crippen molar-refractivity contribution >= 4 is 55.8 Å². The quantitative estimate of drug-likeness (QED) is 0.240. The first kappa shape index (κ1) is 19.4. The van der Waals surface area contributed by atoms with Gasteiger partial charge in [0.05, 0.1) is 22.8 Å². The van der Waals surface area contributed by atoms with Gasteiger partial charge in [0.15, 0.2) is 0 Å². The smallest absolute Gasteiger partial charge is 0.0737 e. The normalized spacial score (nSPS) is 12.3. The van der Waals surface area contributed by atoms with Gasteiger partial charge in [-0.1, -0.05) is 72.8 Å². The zero-order valence-corrected chi connectivity index (χ0v) is 19.3. The maximum Gasteiger partial charge on any atom is 0.0737 e. The molecule has 2 aliphatic heterocycles. The Balaban J connectivity index is 1.59. The number of aromatic nitrogens is 4. The highest BCUT2D eigenvalue weighted by atomic mass is 14.8. The summed E-state index contributed by atoms with van der Waals surface area (Å²) in [5, 5.41) is 4.68. The summed E-state index contributed by atoms with van der Waals surface area (Å²) in [7, 11) is 0. The van der Waals surface area contributed by atoms with Crippen molar-refractivity contribution in [2.75, 3.05) is 0 Å². The van der Waals surface area contributed by atoms with E-state index in [9.17, 15) is 0 Å². The minimum atomic E-state index is 0.925. The van der Waals surface area contributed by atoms with Gasteiger partial charge in [0.2, 0.25) is 0 Å². The van der Waals surface area contributed by atoms with Crippen LogP contribution in [0.25, 0.3) is 78.3 Å². The first-order valence-corrected chi connectivity index (χ1v) is 12.1. The van der Waals surface area contributed by atoms with Crippen molar-refractivity contribution in [3.8, 4) is 22.5 Å². The van der Waals surface area contributed by atoms with Crippen molar-refractivity contribution in [1.82, 2.24) is 19.9 Å². The van der Waals surface area contributed by atoms with E-state index >= 15 is 0 Å². The molecule has 0 spiro atoms. The molecular weight excluding hydrogens is 440 g/mol. The number of nitrogens with one attached hydrogen (secondary N) is 2. The van der Waals surface area contributed by atoms with E-state index in [1.807, 2.05) is 0 Å². The number of nitrogens with zero attached hydrogens (tertiary/aromatic N) is 2. The van der Waals surface area contributed by atoms with E-state index in [1.165, 1.54) is 21.5 Å². The lowest BCUT2D eigenvalue weighted by atomic mass is 10.0. The van der Waals surface area contributed by atoms with Gasteiger partial charge in [0, 0.05) is 54.7 Å². The summed E-state index contributed by atoms with van der Waals surface area (Å²) in [4.78, 5) is 17.3. The minimum Gasteiger partial charge on any atom is -0.354 e. The van der Waals surface area contributed by atoms with Gasteiger partial charge < -0.3 is 9.97 Å². The third kappa shape index (κ3) is 2.88. The molecule has 0 aliphatic carbocycles. The lowest BCUT2D eigenvalue weighted by Gasteiger charge is -1.97. The van der Waals surface area contributed by atoms with Crippen molar-refractivity contribution in [3.05, 3.63) is 108 Å². The number of rotatable bonds is 0. The van der Waals surface area contributed by atoms with Crippen molar-refractivity contribution < 1.29 is 0 Å². The molecule has 4 heteroatoms. The third-order valence-electron chi connectivity index (χ3n) is 7.10. The molecule has 6 aromatic rings. The van der Waals surface area contributed by atoms with E-state index < -0.39 is 0 Å². The summed E-state index contributed by atoms with van der Waals surface area (Å²) in [5.41, 5.74) is 10.2. The van der Waals surface area contributed by atoms with E-state index in [4.69, 9.17) is 9.97 Å². The maximum absolute atomic E-state index is 5.13.